The van der Waals surface area contributed by atoms with E-state index in [0.29, 0.717) is 5.56 Å². The second kappa shape index (κ2) is 6.32. The van der Waals surface area contributed by atoms with Crippen LogP contribution < -0.4 is 4.90 Å². The first-order chi connectivity index (χ1) is 10.7. The minimum Gasteiger partial charge on any atom is -0.465 e. The Morgan fingerprint density at radius 2 is 2.18 bits per heavy atom. The molecule has 2 heterocycles. The minimum absolute atomic E-state index is 0.262. The van der Waals surface area contributed by atoms with Gasteiger partial charge in [0.1, 0.15) is 0 Å². The smallest absolute Gasteiger partial charge is 0.338 e. The van der Waals surface area contributed by atoms with Crippen molar-refractivity contribution in [3.8, 4) is 0 Å². The molecule has 0 amide bonds. The molecule has 22 heavy (non-hydrogen) atoms. The van der Waals surface area contributed by atoms with Gasteiger partial charge in [-0.3, -0.25) is 4.98 Å². The second-order valence-corrected chi connectivity index (χ2v) is 5.50. The van der Waals surface area contributed by atoms with E-state index in [9.17, 15) is 4.79 Å². The lowest BCUT2D eigenvalue weighted by molar-refractivity contribution is 0.0603. The maximum absolute atomic E-state index is 11.9. The highest BCUT2D eigenvalue weighted by atomic mass is 16.5. The van der Waals surface area contributed by atoms with Crippen molar-refractivity contribution in [2.75, 3.05) is 32.2 Å². The summed E-state index contributed by atoms with van der Waals surface area (Å²) in [5.41, 5.74) is 2.44. The third-order valence-corrected chi connectivity index (χ3v) is 4.21. The molecule has 116 valence electrons. The number of rotatable bonds is 3. The maximum atomic E-state index is 11.9. The third-order valence-electron chi connectivity index (χ3n) is 4.21. The number of methoxy groups -OCH3 is 2. The average molecular weight is 300 g/mol. The zero-order valence-corrected chi connectivity index (χ0v) is 12.9. The first-order valence-electron chi connectivity index (χ1n) is 7.47. The number of carbonyl (C=O) groups excluding carboxylic acids is 1. The predicted molar refractivity (Wildman–Crippen MR) is 85.3 cm³/mol. The van der Waals surface area contributed by atoms with Crippen LogP contribution in [-0.2, 0) is 9.47 Å². The van der Waals surface area contributed by atoms with Crippen LogP contribution in [0.4, 0.5) is 5.69 Å². The van der Waals surface area contributed by atoms with E-state index in [0.717, 1.165) is 42.5 Å². The predicted octanol–water partition coefficient (Wildman–Crippen LogP) is 2.64. The molecule has 0 saturated carbocycles. The summed E-state index contributed by atoms with van der Waals surface area (Å²) in [5, 5.41) is 0.825. The maximum Gasteiger partial charge on any atom is 0.338 e. The molecule has 1 fully saturated rings. The number of nitrogens with zero attached hydrogens (tertiary/aromatic N) is 2. The zero-order valence-electron chi connectivity index (χ0n) is 12.9. The van der Waals surface area contributed by atoms with E-state index >= 15 is 0 Å². The van der Waals surface area contributed by atoms with Gasteiger partial charge in [0, 0.05) is 37.5 Å². The summed E-state index contributed by atoms with van der Waals surface area (Å²) >= 11 is 0. The first-order valence-corrected chi connectivity index (χ1v) is 7.47. The first kappa shape index (κ1) is 14.8. The van der Waals surface area contributed by atoms with E-state index in [1.54, 1.807) is 19.4 Å². The van der Waals surface area contributed by atoms with E-state index in [1.165, 1.54) is 7.11 Å². The average Bonchev–Trinajstić information content (AvgIpc) is 2.60. The highest BCUT2D eigenvalue weighted by Crippen LogP contribution is 2.26. The fourth-order valence-electron chi connectivity index (χ4n) is 2.98. The van der Waals surface area contributed by atoms with Gasteiger partial charge in [-0.2, -0.15) is 0 Å². The summed E-state index contributed by atoms with van der Waals surface area (Å²) in [7, 11) is 3.15. The lowest BCUT2D eigenvalue weighted by Crippen LogP contribution is -2.39. The molecule has 1 aliphatic rings. The highest BCUT2D eigenvalue weighted by molar-refractivity contribution is 6.04. The Labute approximate surface area is 129 Å². The van der Waals surface area contributed by atoms with Crippen molar-refractivity contribution >= 4 is 22.6 Å². The van der Waals surface area contributed by atoms with Gasteiger partial charge >= 0.3 is 5.97 Å². The monoisotopic (exact) mass is 300 g/mol. The summed E-state index contributed by atoms with van der Waals surface area (Å²) < 4.78 is 10.3. The fourth-order valence-corrected chi connectivity index (χ4v) is 2.98. The molecule has 1 aromatic carbocycles. The Bertz CT molecular complexity index is 687. The van der Waals surface area contributed by atoms with Crippen LogP contribution in [0.2, 0.25) is 0 Å². The Kier molecular flexibility index (Phi) is 4.24. The molecular weight excluding hydrogens is 280 g/mol. The quantitative estimate of drug-likeness (QED) is 0.816. The van der Waals surface area contributed by atoms with E-state index in [4.69, 9.17) is 9.47 Å². The van der Waals surface area contributed by atoms with Gasteiger partial charge in [-0.1, -0.05) is 0 Å². The lowest BCUT2D eigenvalue weighted by atomic mass is 10.0. The van der Waals surface area contributed by atoms with Crippen molar-refractivity contribution in [1.82, 2.24) is 4.98 Å². The molecular formula is C17H20N2O3. The standard InChI is InChI=1S/C17H20N2O3/c1-21-13-4-3-9-19(11-13)12-5-6-16-15(10-12)14(7-8-18-16)17(20)22-2/h5-8,10,13H,3-4,9,11H2,1-2H3/t13-/m1/s1. The molecule has 1 atom stereocenters. The SMILES string of the molecule is COC(=O)c1ccnc2ccc(N3CCC[C@@H](OC)C3)cc12. The summed E-state index contributed by atoms with van der Waals surface area (Å²) in [5.74, 6) is -0.335. The molecule has 0 unspecified atom stereocenters. The molecule has 1 aromatic heterocycles. The van der Waals surface area contributed by atoms with Crippen LogP contribution >= 0.6 is 0 Å². The number of ether oxygens (including phenoxy) is 2. The molecule has 3 rings (SSSR count). The summed E-state index contributed by atoms with van der Waals surface area (Å²) in [6.45, 7) is 1.87. The number of piperidine rings is 1. The van der Waals surface area contributed by atoms with Crippen molar-refractivity contribution in [3.05, 3.63) is 36.0 Å². The number of esters is 1. The van der Waals surface area contributed by atoms with Crippen molar-refractivity contribution < 1.29 is 14.3 Å². The highest BCUT2D eigenvalue weighted by Gasteiger charge is 2.20. The minimum atomic E-state index is -0.335. The van der Waals surface area contributed by atoms with Crippen LogP contribution in [0.3, 0.4) is 0 Å². The molecule has 1 saturated heterocycles. The van der Waals surface area contributed by atoms with Crippen LogP contribution in [0.5, 0.6) is 0 Å². The number of pyridine rings is 1. The molecule has 5 heteroatoms. The number of anilines is 1. The van der Waals surface area contributed by atoms with E-state index in [1.807, 2.05) is 12.1 Å². The van der Waals surface area contributed by atoms with Crippen molar-refractivity contribution in [2.45, 2.75) is 18.9 Å². The molecule has 0 spiro atoms. The van der Waals surface area contributed by atoms with Crippen molar-refractivity contribution in [1.29, 1.82) is 0 Å². The van der Waals surface area contributed by atoms with Crippen LogP contribution in [0, 0.1) is 0 Å². The molecule has 2 aromatic rings. The van der Waals surface area contributed by atoms with Gasteiger partial charge in [0.25, 0.3) is 0 Å². The van der Waals surface area contributed by atoms with Crippen molar-refractivity contribution in [2.24, 2.45) is 0 Å². The Balaban J connectivity index is 1.99. The normalized spacial score (nSPS) is 18.5. The second-order valence-electron chi connectivity index (χ2n) is 5.50. The Morgan fingerprint density at radius 3 is 2.95 bits per heavy atom. The Morgan fingerprint density at radius 1 is 1.32 bits per heavy atom. The summed E-state index contributed by atoms with van der Waals surface area (Å²) in [6.07, 6.45) is 4.09. The summed E-state index contributed by atoms with van der Waals surface area (Å²) in [6, 6.07) is 7.72. The molecule has 0 aliphatic carbocycles. The van der Waals surface area contributed by atoms with Gasteiger partial charge in [0.2, 0.25) is 0 Å². The van der Waals surface area contributed by atoms with Crippen LogP contribution in [0.25, 0.3) is 10.9 Å². The fraction of sp³-hybridized carbons (Fsp3) is 0.412. The van der Waals surface area contributed by atoms with Gasteiger partial charge in [0.05, 0.1) is 24.3 Å². The number of fused-ring (bicyclic) bond motifs is 1. The van der Waals surface area contributed by atoms with Crippen LogP contribution in [0.15, 0.2) is 30.5 Å². The van der Waals surface area contributed by atoms with E-state index in [2.05, 4.69) is 16.0 Å². The van der Waals surface area contributed by atoms with Gasteiger partial charge < -0.3 is 14.4 Å². The molecule has 1 aliphatic heterocycles. The van der Waals surface area contributed by atoms with Gasteiger partial charge in [-0.25, -0.2) is 4.79 Å². The van der Waals surface area contributed by atoms with Gasteiger partial charge in [-0.05, 0) is 37.1 Å². The molecule has 0 bridgehead atoms. The summed E-state index contributed by atoms with van der Waals surface area (Å²) in [4.78, 5) is 18.6. The number of carbonyl (C=O) groups is 1. The van der Waals surface area contributed by atoms with Crippen LogP contribution in [-0.4, -0.2) is 44.4 Å². The Hall–Kier alpha value is -2.14. The zero-order chi connectivity index (χ0) is 15.5. The van der Waals surface area contributed by atoms with Gasteiger partial charge in [0.15, 0.2) is 0 Å². The van der Waals surface area contributed by atoms with E-state index < -0.39 is 0 Å². The number of hydrogen-bond donors (Lipinski definition) is 0. The number of hydrogen-bond acceptors (Lipinski definition) is 5. The largest absolute Gasteiger partial charge is 0.465 e. The van der Waals surface area contributed by atoms with Gasteiger partial charge in [-0.15, -0.1) is 0 Å². The molecule has 5 nitrogen and oxygen atoms in total. The number of aromatic nitrogens is 1. The van der Waals surface area contributed by atoms with E-state index in [-0.39, 0.29) is 12.1 Å². The molecule has 0 radical (unpaired) electrons. The topological polar surface area (TPSA) is 51.7 Å². The third kappa shape index (κ3) is 2.76. The number of benzene rings is 1. The van der Waals surface area contributed by atoms with Crippen molar-refractivity contribution in [3.63, 3.8) is 0 Å². The van der Waals surface area contributed by atoms with Crippen LogP contribution in [0.1, 0.15) is 23.2 Å². The lowest BCUT2D eigenvalue weighted by Gasteiger charge is -2.33. The molecule has 0 N–H and O–H groups in total.